The fraction of sp³-hybridized carbons (Fsp3) is 0.263. The Hall–Kier alpha value is -2.69. The van der Waals surface area contributed by atoms with Crippen molar-refractivity contribution in [3.63, 3.8) is 0 Å². The number of benzene rings is 2. The Balaban J connectivity index is 2.05. The number of unbranched alkanes of at least 4 members (excludes halogenated alkanes) is 1. The molecule has 0 bridgehead atoms. The summed E-state index contributed by atoms with van der Waals surface area (Å²) in [6.07, 6.45) is 1.60. The third kappa shape index (κ3) is 4.91. The predicted octanol–water partition coefficient (Wildman–Crippen LogP) is 3.96. The highest BCUT2D eigenvalue weighted by Crippen LogP contribution is 2.17. The Kier molecular flexibility index (Phi) is 6.49. The fourth-order valence-corrected chi connectivity index (χ4v) is 2.17. The molecule has 2 rings (SSSR count). The lowest BCUT2D eigenvalue weighted by molar-refractivity contribution is -0.115. The van der Waals surface area contributed by atoms with Crippen LogP contribution in [-0.4, -0.2) is 18.5 Å². The zero-order valence-electron chi connectivity index (χ0n) is 13.5. The second-order valence-electron chi connectivity index (χ2n) is 5.35. The Morgan fingerprint density at radius 3 is 2.54 bits per heavy atom. The van der Waals surface area contributed by atoms with Crippen molar-refractivity contribution in [2.24, 2.45) is 0 Å². The Bertz CT molecular complexity index is 715. The number of halogens is 1. The van der Waals surface area contributed by atoms with Crippen molar-refractivity contribution in [2.75, 3.05) is 11.9 Å². The summed E-state index contributed by atoms with van der Waals surface area (Å²) in [4.78, 5) is 24.2. The lowest BCUT2D eigenvalue weighted by Crippen LogP contribution is -2.18. The zero-order valence-corrected chi connectivity index (χ0v) is 13.5. The van der Waals surface area contributed by atoms with E-state index < -0.39 is 17.7 Å². The van der Waals surface area contributed by atoms with Gasteiger partial charge in [-0.3, -0.25) is 4.79 Å². The molecule has 2 aromatic rings. The van der Waals surface area contributed by atoms with Crippen LogP contribution in [0, 0.1) is 5.82 Å². The number of carbonyl (C=O) groups is 2. The maximum Gasteiger partial charge on any atom is 0.340 e. The van der Waals surface area contributed by atoms with Gasteiger partial charge in [-0.15, -0.1) is 0 Å². The topological polar surface area (TPSA) is 55.4 Å². The van der Waals surface area contributed by atoms with Crippen LogP contribution in [0.4, 0.5) is 10.1 Å². The summed E-state index contributed by atoms with van der Waals surface area (Å²) in [5, 5.41) is 2.65. The molecule has 126 valence electrons. The summed E-state index contributed by atoms with van der Waals surface area (Å²) in [6, 6.07) is 12.7. The molecule has 0 saturated heterocycles. The molecule has 0 unspecified atom stereocenters. The number of carbonyl (C=O) groups excluding carboxylic acids is 2. The molecule has 0 heterocycles. The number of amides is 1. The average Bonchev–Trinajstić information content (AvgIpc) is 2.57. The van der Waals surface area contributed by atoms with Gasteiger partial charge in [-0.25, -0.2) is 9.18 Å². The van der Waals surface area contributed by atoms with Gasteiger partial charge in [0.1, 0.15) is 5.82 Å². The molecule has 0 saturated carbocycles. The van der Waals surface area contributed by atoms with Crippen molar-refractivity contribution in [1.82, 2.24) is 0 Å². The number of nitrogens with one attached hydrogen (secondary N) is 1. The molecular formula is C19H20FNO3. The van der Waals surface area contributed by atoms with Crippen LogP contribution in [0.25, 0.3) is 0 Å². The van der Waals surface area contributed by atoms with Crippen LogP contribution in [-0.2, 0) is 16.0 Å². The third-order valence-electron chi connectivity index (χ3n) is 3.46. The standard InChI is InChI=1S/C19H20FNO3/c1-2-3-12-24-19(23)15-9-5-7-11-17(15)21-18(22)13-14-8-4-6-10-16(14)20/h4-11H,2-3,12-13H2,1H3,(H,21,22). The monoisotopic (exact) mass is 329 g/mol. The first-order chi connectivity index (χ1) is 11.6. The van der Waals surface area contributed by atoms with E-state index in [9.17, 15) is 14.0 Å². The van der Waals surface area contributed by atoms with E-state index in [1.54, 1.807) is 42.5 Å². The number of para-hydroxylation sites is 1. The van der Waals surface area contributed by atoms with Gasteiger partial charge in [0.15, 0.2) is 0 Å². The molecule has 5 heteroatoms. The summed E-state index contributed by atoms with van der Waals surface area (Å²) in [5.41, 5.74) is 0.953. The summed E-state index contributed by atoms with van der Waals surface area (Å²) >= 11 is 0. The average molecular weight is 329 g/mol. The third-order valence-corrected chi connectivity index (χ3v) is 3.46. The molecule has 2 aromatic carbocycles. The highest BCUT2D eigenvalue weighted by atomic mass is 19.1. The highest BCUT2D eigenvalue weighted by Gasteiger charge is 2.15. The van der Waals surface area contributed by atoms with E-state index in [0.717, 1.165) is 12.8 Å². The predicted molar refractivity (Wildman–Crippen MR) is 90.4 cm³/mol. The molecule has 1 amide bonds. The van der Waals surface area contributed by atoms with Gasteiger partial charge >= 0.3 is 5.97 Å². The van der Waals surface area contributed by atoms with Gasteiger partial charge in [-0.05, 0) is 30.2 Å². The Morgan fingerprint density at radius 2 is 1.79 bits per heavy atom. The minimum absolute atomic E-state index is 0.105. The highest BCUT2D eigenvalue weighted by molar-refractivity contribution is 6.01. The molecule has 0 fully saturated rings. The van der Waals surface area contributed by atoms with Crippen LogP contribution in [0.15, 0.2) is 48.5 Å². The van der Waals surface area contributed by atoms with Crippen molar-refractivity contribution in [2.45, 2.75) is 26.2 Å². The van der Waals surface area contributed by atoms with Crippen molar-refractivity contribution < 1.29 is 18.7 Å². The van der Waals surface area contributed by atoms with E-state index in [4.69, 9.17) is 4.74 Å². The molecule has 0 aromatic heterocycles. The van der Waals surface area contributed by atoms with Crippen LogP contribution >= 0.6 is 0 Å². The lowest BCUT2D eigenvalue weighted by atomic mass is 10.1. The van der Waals surface area contributed by atoms with Crippen LogP contribution in [0.5, 0.6) is 0 Å². The van der Waals surface area contributed by atoms with Gasteiger partial charge in [0, 0.05) is 0 Å². The van der Waals surface area contributed by atoms with Crippen molar-refractivity contribution >= 4 is 17.6 Å². The van der Waals surface area contributed by atoms with E-state index >= 15 is 0 Å². The van der Waals surface area contributed by atoms with Crippen LogP contribution < -0.4 is 5.32 Å². The Morgan fingerprint density at radius 1 is 1.08 bits per heavy atom. The van der Waals surface area contributed by atoms with E-state index in [1.807, 2.05) is 6.92 Å². The summed E-state index contributed by atoms with van der Waals surface area (Å²) in [7, 11) is 0. The van der Waals surface area contributed by atoms with E-state index in [-0.39, 0.29) is 12.0 Å². The van der Waals surface area contributed by atoms with Crippen LogP contribution in [0.2, 0.25) is 0 Å². The summed E-state index contributed by atoms with van der Waals surface area (Å²) < 4.78 is 18.8. The first-order valence-electron chi connectivity index (χ1n) is 7.91. The van der Waals surface area contributed by atoms with Gasteiger partial charge in [0.05, 0.1) is 24.3 Å². The molecule has 4 nitrogen and oxygen atoms in total. The lowest BCUT2D eigenvalue weighted by Gasteiger charge is -2.11. The number of esters is 1. The van der Waals surface area contributed by atoms with Gasteiger partial charge in [-0.2, -0.15) is 0 Å². The van der Waals surface area contributed by atoms with Crippen LogP contribution in [0.1, 0.15) is 35.7 Å². The normalized spacial score (nSPS) is 10.2. The minimum atomic E-state index is -0.481. The maximum absolute atomic E-state index is 13.6. The van der Waals surface area contributed by atoms with Gasteiger partial charge in [0.2, 0.25) is 5.91 Å². The maximum atomic E-state index is 13.6. The molecule has 24 heavy (non-hydrogen) atoms. The quantitative estimate of drug-likeness (QED) is 0.618. The van der Waals surface area contributed by atoms with E-state index in [0.29, 0.717) is 17.9 Å². The Labute approximate surface area is 140 Å². The summed E-state index contributed by atoms with van der Waals surface area (Å²) in [5.74, 6) is -1.31. The molecule has 0 atom stereocenters. The molecule has 0 aliphatic heterocycles. The van der Waals surface area contributed by atoms with Crippen molar-refractivity contribution in [3.8, 4) is 0 Å². The molecule has 0 spiro atoms. The van der Waals surface area contributed by atoms with Gasteiger partial charge < -0.3 is 10.1 Å². The second kappa shape index (κ2) is 8.82. The number of ether oxygens (including phenoxy) is 1. The van der Waals surface area contributed by atoms with Crippen LogP contribution in [0.3, 0.4) is 0 Å². The largest absolute Gasteiger partial charge is 0.462 e. The fourth-order valence-electron chi connectivity index (χ4n) is 2.17. The second-order valence-corrected chi connectivity index (χ2v) is 5.35. The number of rotatable bonds is 7. The smallest absolute Gasteiger partial charge is 0.340 e. The van der Waals surface area contributed by atoms with Gasteiger partial charge in [-0.1, -0.05) is 43.7 Å². The van der Waals surface area contributed by atoms with Gasteiger partial charge in [0.25, 0.3) is 0 Å². The first-order valence-corrected chi connectivity index (χ1v) is 7.91. The summed E-state index contributed by atoms with van der Waals surface area (Å²) in [6.45, 7) is 2.34. The van der Waals surface area contributed by atoms with E-state index in [2.05, 4.69) is 5.32 Å². The van der Waals surface area contributed by atoms with E-state index in [1.165, 1.54) is 6.07 Å². The number of hydrogen-bond acceptors (Lipinski definition) is 3. The molecule has 0 radical (unpaired) electrons. The molecular weight excluding hydrogens is 309 g/mol. The zero-order chi connectivity index (χ0) is 17.4. The van der Waals surface area contributed by atoms with Crippen molar-refractivity contribution in [3.05, 3.63) is 65.5 Å². The SMILES string of the molecule is CCCCOC(=O)c1ccccc1NC(=O)Cc1ccccc1F. The minimum Gasteiger partial charge on any atom is -0.462 e. The molecule has 0 aliphatic carbocycles. The first kappa shape index (κ1) is 17.7. The molecule has 0 aliphatic rings. The van der Waals surface area contributed by atoms with Crippen molar-refractivity contribution in [1.29, 1.82) is 0 Å². The number of hydrogen-bond donors (Lipinski definition) is 1. The number of anilines is 1. The molecule has 1 N–H and O–H groups in total.